The molecule has 0 aromatic heterocycles. The van der Waals surface area contributed by atoms with Gasteiger partial charge in [0, 0.05) is 17.1 Å². The molecule has 3 aromatic carbocycles. The second kappa shape index (κ2) is 13.5. The standard InChI is InChI=1S/C30H34Cl3N3O4S/c1-6-26(29(38)34-30(3,4)5)35(18-21-15-16-24(32)25(33)17-21)28(37)19-36(27-14-10-13-23(31)20(27)2)41(39,40)22-11-8-7-9-12-22/h7-17,26H,6,18-19H2,1-5H3,(H,34,38)/t26-/m1/s1. The van der Waals surface area contributed by atoms with Crippen molar-refractivity contribution in [3.63, 3.8) is 0 Å². The van der Waals surface area contributed by atoms with Gasteiger partial charge in [-0.1, -0.05) is 72.1 Å². The second-order valence-corrected chi connectivity index (χ2v) is 13.7. The van der Waals surface area contributed by atoms with E-state index >= 15 is 0 Å². The van der Waals surface area contributed by atoms with E-state index in [-0.39, 0.29) is 29.5 Å². The van der Waals surface area contributed by atoms with Crippen LogP contribution in [0.1, 0.15) is 45.2 Å². The van der Waals surface area contributed by atoms with Gasteiger partial charge in [0.15, 0.2) is 0 Å². The molecule has 0 aliphatic heterocycles. The fourth-order valence-corrected chi connectivity index (χ4v) is 6.29. The van der Waals surface area contributed by atoms with E-state index in [2.05, 4.69) is 5.32 Å². The Morgan fingerprint density at radius 3 is 2.15 bits per heavy atom. The summed E-state index contributed by atoms with van der Waals surface area (Å²) < 4.78 is 29.0. The summed E-state index contributed by atoms with van der Waals surface area (Å²) in [5, 5.41) is 3.94. The number of carbonyl (C=O) groups excluding carboxylic acids is 2. The van der Waals surface area contributed by atoms with Gasteiger partial charge >= 0.3 is 0 Å². The van der Waals surface area contributed by atoms with Crippen LogP contribution < -0.4 is 9.62 Å². The minimum absolute atomic E-state index is 0.000452. The van der Waals surface area contributed by atoms with Gasteiger partial charge in [0.2, 0.25) is 11.8 Å². The average Bonchev–Trinajstić information content (AvgIpc) is 2.90. The van der Waals surface area contributed by atoms with Crippen molar-refractivity contribution in [2.75, 3.05) is 10.8 Å². The number of benzene rings is 3. The predicted molar refractivity (Wildman–Crippen MR) is 166 cm³/mol. The number of hydrogen-bond acceptors (Lipinski definition) is 4. The molecule has 1 atom stereocenters. The van der Waals surface area contributed by atoms with Gasteiger partial charge in [0.25, 0.3) is 10.0 Å². The molecular weight excluding hydrogens is 605 g/mol. The Hall–Kier alpha value is -2.78. The SMILES string of the molecule is CC[C@H](C(=O)NC(C)(C)C)N(Cc1ccc(Cl)c(Cl)c1)C(=O)CN(c1cccc(Cl)c1C)S(=O)(=O)c1ccccc1. The third-order valence-electron chi connectivity index (χ3n) is 6.34. The molecule has 0 spiro atoms. The van der Waals surface area contributed by atoms with Crippen LogP contribution in [0.4, 0.5) is 5.69 Å². The number of rotatable bonds is 10. The van der Waals surface area contributed by atoms with Crippen LogP contribution in [0.2, 0.25) is 15.1 Å². The summed E-state index contributed by atoms with van der Waals surface area (Å²) in [6, 6.07) is 16.8. The topological polar surface area (TPSA) is 86.8 Å². The van der Waals surface area contributed by atoms with Crippen LogP contribution in [0.25, 0.3) is 0 Å². The molecule has 0 saturated heterocycles. The lowest BCUT2D eigenvalue weighted by molar-refractivity contribution is -0.141. The number of anilines is 1. The molecule has 11 heteroatoms. The van der Waals surface area contributed by atoms with Crippen molar-refractivity contribution in [1.82, 2.24) is 10.2 Å². The van der Waals surface area contributed by atoms with Crippen molar-refractivity contribution in [2.45, 2.75) is 64.1 Å². The molecule has 0 heterocycles. The fraction of sp³-hybridized carbons (Fsp3) is 0.333. The first-order chi connectivity index (χ1) is 19.2. The van der Waals surface area contributed by atoms with Crippen molar-refractivity contribution >= 4 is 62.3 Å². The van der Waals surface area contributed by atoms with Gasteiger partial charge in [0.1, 0.15) is 12.6 Å². The van der Waals surface area contributed by atoms with E-state index in [0.29, 0.717) is 26.2 Å². The highest BCUT2D eigenvalue weighted by atomic mass is 35.5. The number of amides is 2. The number of halogens is 3. The smallest absolute Gasteiger partial charge is 0.264 e. The van der Waals surface area contributed by atoms with Gasteiger partial charge in [-0.05, 0) is 81.6 Å². The van der Waals surface area contributed by atoms with Crippen LogP contribution in [-0.4, -0.2) is 43.3 Å². The van der Waals surface area contributed by atoms with Crippen LogP contribution in [0.15, 0.2) is 71.6 Å². The lowest BCUT2D eigenvalue weighted by Crippen LogP contribution is -2.55. The average molecular weight is 639 g/mol. The molecule has 3 aromatic rings. The van der Waals surface area contributed by atoms with E-state index in [1.807, 2.05) is 20.8 Å². The molecular formula is C30H34Cl3N3O4S. The fourth-order valence-electron chi connectivity index (χ4n) is 4.31. The molecule has 7 nitrogen and oxygen atoms in total. The summed E-state index contributed by atoms with van der Waals surface area (Å²) in [4.78, 5) is 29.0. The van der Waals surface area contributed by atoms with Crippen molar-refractivity contribution in [3.05, 3.63) is 92.9 Å². The lowest BCUT2D eigenvalue weighted by Gasteiger charge is -2.35. The van der Waals surface area contributed by atoms with Crippen LogP contribution in [0, 0.1) is 6.92 Å². The van der Waals surface area contributed by atoms with Crippen LogP contribution >= 0.6 is 34.8 Å². The maximum atomic E-state index is 14.2. The molecule has 0 fully saturated rings. The van der Waals surface area contributed by atoms with Crippen molar-refractivity contribution in [3.8, 4) is 0 Å². The summed E-state index contributed by atoms with van der Waals surface area (Å²) in [6.07, 6.45) is 0.288. The number of hydrogen-bond donors (Lipinski definition) is 1. The molecule has 0 radical (unpaired) electrons. The maximum absolute atomic E-state index is 14.2. The van der Waals surface area contributed by atoms with E-state index in [9.17, 15) is 18.0 Å². The number of sulfonamides is 1. The van der Waals surface area contributed by atoms with Gasteiger partial charge < -0.3 is 10.2 Å². The predicted octanol–water partition coefficient (Wildman–Crippen LogP) is 6.87. The normalized spacial score (nSPS) is 12.5. The molecule has 1 N–H and O–H groups in total. The summed E-state index contributed by atoms with van der Waals surface area (Å²) in [5.41, 5.74) is 0.834. The molecule has 220 valence electrons. The van der Waals surface area contributed by atoms with Crippen LogP contribution in [-0.2, 0) is 26.2 Å². The molecule has 2 amide bonds. The Kier molecular flexibility index (Phi) is 10.7. The Labute approximate surface area is 257 Å². The van der Waals surface area contributed by atoms with Crippen LogP contribution in [0.3, 0.4) is 0 Å². The van der Waals surface area contributed by atoms with E-state index in [1.54, 1.807) is 68.4 Å². The van der Waals surface area contributed by atoms with Gasteiger partial charge in [-0.25, -0.2) is 8.42 Å². The Bertz CT molecular complexity index is 1510. The highest BCUT2D eigenvalue weighted by Crippen LogP contribution is 2.31. The summed E-state index contributed by atoms with van der Waals surface area (Å²) in [7, 11) is -4.20. The Balaban J connectivity index is 2.12. The van der Waals surface area contributed by atoms with E-state index in [1.165, 1.54) is 17.0 Å². The minimum atomic E-state index is -4.20. The number of nitrogens with one attached hydrogen (secondary N) is 1. The number of nitrogens with zero attached hydrogens (tertiary/aromatic N) is 2. The van der Waals surface area contributed by atoms with Crippen molar-refractivity contribution in [1.29, 1.82) is 0 Å². The van der Waals surface area contributed by atoms with Crippen LogP contribution in [0.5, 0.6) is 0 Å². The van der Waals surface area contributed by atoms with Gasteiger partial charge in [-0.2, -0.15) is 0 Å². The van der Waals surface area contributed by atoms with Crippen molar-refractivity contribution in [2.24, 2.45) is 0 Å². The Morgan fingerprint density at radius 2 is 1.56 bits per heavy atom. The summed E-state index contributed by atoms with van der Waals surface area (Å²) >= 11 is 18.7. The first kappa shape index (κ1) is 32.7. The number of carbonyl (C=O) groups is 2. The zero-order chi connectivity index (χ0) is 30.5. The highest BCUT2D eigenvalue weighted by Gasteiger charge is 2.35. The van der Waals surface area contributed by atoms with Gasteiger partial charge in [-0.3, -0.25) is 13.9 Å². The third-order valence-corrected chi connectivity index (χ3v) is 9.26. The molecule has 0 aliphatic carbocycles. The molecule has 0 unspecified atom stereocenters. The highest BCUT2D eigenvalue weighted by molar-refractivity contribution is 7.92. The monoisotopic (exact) mass is 637 g/mol. The largest absolute Gasteiger partial charge is 0.350 e. The quantitative estimate of drug-likeness (QED) is 0.263. The van der Waals surface area contributed by atoms with E-state index in [4.69, 9.17) is 34.8 Å². The molecule has 0 aliphatic rings. The van der Waals surface area contributed by atoms with Gasteiger partial charge in [-0.15, -0.1) is 0 Å². The summed E-state index contributed by atoms with van der Waals surface area (Å²) in [5.74, 6) is -0.935. The first-order valence-electron chi connectivity index (χ1n) is 13.0. The molecule has 0 saturated carbocycles. The first-order valence-corrected chi connectivity index (χ1v) is 15.6. The Morgan fingerprint density at radius 1 is 0.902 bits per heavy atom. The zero-order valence-corrected chi connectivity index (χ0v) is 26.7. The van der Waals surface area contributed by atoms with Crippen molar-refractivity contribution < 1.29 is 18.0 Å². The minimum Gasteiger partial charge on any atom is -0.350 e. The van der Waals surface area contributed by atoms with E-state index in [0.717, 1.165) is 4.31 Å². The van der Waals surface area contributed by atoms with E-state index < -0.39 is 34.1 Å². The zero-order valence-electron chi connectivity index (χ0n) is 23.6. The molecule has 0 bridgehead atoms. The summed E-state index contributed by atoms with van der Waals surface area (Å²) in [6.45, 7) is 8.45. The second-order valence-electron chi connectivity index (χ2n) is 10.6. The lowest BCUT2D eigenvalue weighted by atomic mass is 10.1. The molecule has 41 heavy (non-hydrogen) atoms. The van der Waals surface area contributed by atoms with Gasteiger partial charge in [0.05, 0.1) is 20.6 Å². The molecule has 3 rings (SSSR count). The third kappa shape index (κ3) is 8.16. The maximum Gasteiger partial charge on any atom is 0.264 e.